The number of carbonyl (C=O) groups is 2. The minimum Gasteiger partial charge on any atom is -0.386 e. The molecule has 0 aromatic heterocycles. The second-order valence-corrected chi connectivity index (χ2v) is 8.08. The standard InChI is InChI=1S/C23H46N4O4/c1-21(28)20-31-19-18-30-17-16-26-23(29)15-13-11-9-7-5-3-2-4-6-8-10-12-14-22(24)27-25/h2-20,25H2,1H3,(H2,24,27)(H,26,29). The van der Waals surface area contributed by atoms with Crippen molar-refractivity contribution in [1.82, 2.24) is 5.32 Å². The van der Waals surface area contributed by atoms with Crippen molar-refractivity contribution in [3.63, 3.8) is 0 Å². The number of ketones is 1. The molecule has 0 atom stereocenters. The van der Waals surface area contributed by atoms with Crippen LogP contribution < -0.4 is 16.9 Å². The Morgan fingerprint density at radius 1 is 0.742 bits per heavy atom. The highest BCUT2D eigenvalue weighted by Crippen LogP contribution is 2.13. The molecule has 0 radical (unpaired) electrons. The highest BCUT2D eigenvalue weighted by atomic mass is 16.5. The van der Waals surface area contributed by atoms with Crippen LogP contribution in [0.25, 0.3) is 0 Å². The zero-order valence-electron chi connectivity index (χ0n) is 19.7. The maximum absolute atomic E-state index is 11.8. The van der Waals surface area contributed by atoms with E-state index in [0.29, 0.717) is 38.6 Å². The molecule has 0 fully saturated rings. The van der Waals surface area contributed by atoms with E-state index in [2.05, 4.69) is 10.4 Å². The van der Waals surface area contributed by atoms with Gasteiger partial charge in [-0.3, -0.25) is 9.59 Å². The number of hydrogen-bond donors (Lipinski definition) is 3. The van der Waals surface area contributed by atoms with Crippen LogP contribution in [-0.2, 0) is 19.1 Å². The molecule has 0 heterocycles. The van der Waals surface area contributed by atoms with Gasteiger partial charge in [0.2, 0.25) is 5.91 Å². The Hall–Kier alpha value is -1.67. The lowest BCUT2D eigenvalue weighted by atomic mass is 10.0. The minimum absolute atomic E-state index is 0.00620. The van der Waals surface area contributed by atoms with E-state index < -0.39 is 0 Å². The number of nitrogens with one attached hydrogen (secondary N) is 1. The van der Waals surface area contributed by atoms with Gasteiger partial charge in [-0.05, 0) is 19.8 Å². The summed E-state index contributed by atoms with van der Waals surface area (Å²) >= 11 is 0. The summed E-state index contributed by atoms with van der Waals surface area (Å²) in [4.78, 5) is 22.4. The van der Waals surface area contributed by atoms with Crippen molar-refractivity contribution in [1.29, 1.82) is 0 Å². The quantitative estimate of drug-likeness (QED) is 0.0731. The number of amidine groups is 1. The molecule has 182 valence electrons. The first kappa shape index (κ1) is 29.3. The van der Waals surface area contributed by atoms with E-state index in [1.165, 1.54) is 64.7 Å². The van der Waals surface area contributed by atoms with Gasteiger partial charge in [0, 0.05) is 19.4 Å². The molecular formula is C23H46N4O4. The molecule has 1 amide bonds. The highest BCUT2D eigenvalue weighted by Gasteiger charge is 2.01. The number of Topliss-reactive ketones (excluding diaryl/α,β-unsaturated/α-hetero) is 1. The first-order valence-electron chi connectivity index (χ1n) is 12.0. The maximum Gasteiger partial charge on any atom is 0.220 e. The number of unbranched alkanes of at least 4 members (excludes halogenated alkanes) is 11. The summed E-state index contributed by atoms with van der Waals surface area (Å²) in [5.74, 6) is 5.76. The molecule has 8 heteroatoms. The van der Waals surface area contributed by atoms with Crippen LogP contribution >= 0.6 is 0 Å². The minimum atomic E-state index is 0.00620. The zero-order chi connectivity index (χ0) is 23.0. The Bertz CT molecular complexity index is 472. The van der Waals surface area contributed by atoms with E-state index in [9.17, 15) is 9.59 Å². The molecule has 8 nitrogen and oxygen atoms in total. The van der Waals surface area contributed by atoms with Crippen LogP contribution in [-0.4, -0.2) is 50.5 Å². The number of hydrazone groups is 1. The van der Waals surface area contributed by atoms with Gasteiger partial charge < -0.3 is 26.4 Å². The summed E-state index contributed by atoms with van der Waals surface area (Å²) in [6, 6.07) is 0. The van der Waals surface area contributed by atoms with Gasteiger partial charge in [-0.2, -0.15) is 5.10 Å². The van der Waals surface area contributed by atoms with Crippen molar-refractivity contribution >= 4 is 17.5 Å². The van der Waals surface area contributed by atoms with Crippen molar-refractivity contribution in [3.8, 4) is 0 Å². The summed E-state index contributed by atoms with van der Waals surface area (Å²) in [5.41, 5.74) is 5.56. The Labute approximate surface area is 188 Å². The fourth-order valence-electron chi connectivity index (χ4n) is 3.21. The Balaban J connectivity index is 3.19. The predicted molar refractivity (Wildman–Crippen MR) is 126 cm³/mol. The fourth-order valence-corrected chi connectivity index (χ4v) is 3.21. The van der Waals surface area contributed by atoms with Crippen molar-refractivity contribution < 1.29 is 19.1 Å². The Morgan fingerprint density at radius 3 is 1.74 bits per heavy atom. The van der Waals surface area contributed by atoms with E-state index >= 15 is 0 Å². The first-order chi connectivity index (χ1) is 15.1. The number of nitrogens with two attached hydrogens (primary N) is 2. The topological polar surface area (TPSA) is 129 Å². The molecule has 0 aliphatic rings. The van der Waals surface area contributed by atoms with E-state index in [0.717, 1.165) is 25.7 Å². The van der Waals surface area contributed by atoms with Crippen LogP contribution in [0, 0.1) is 0 Å². The molecule has 0 aromatic rings. The number of nitrogens with zero attached hydrogens (tertiary/aromatic N) is 1. The molecule has 0 spiro atoms. The van der Waals surface area contributed by atoms with Crippen LogP contribution in [0.3, 0.4) is 0 Å². The molecule has 0 unspecified atom stereocenters. The summed E-state index contributed by atoms with van der Waals surface area (Å²) < 4.78 is 10.4. The number of carbonyl (C=O) groups excluding carboxylic acids is 2. The van der Waals surface area contributed by atoms with Gasteiger partial charge in [-0.25, -0.2) is 0 Å². The maximum atomic E-state index is 11.8. The van der Waals surface area contributed by atoms with Crippen molar-refractivity contribution in [2.75, 3.05) is 33.0 Å². The van der Waals surface area contributed by atoms with E-state index in [1.807, 2.05) is 0 Å². The summed E-state index contributed by atoms with van der Waals surface area (Å²) in [7, 11) is 0. The number of rotatable bonds is 23. The SMILES string of the molecule is CC(=O)COCCOCCNC(=O)CCCCCCCCCCCCCC/C(N)=N/N. The molecule has 0 aromatic carbocycles. The summed E-state index contributed by atoms with van der Waals surface area (Å²) in [6.45, 7) is 3.43. The summed E-state index contributed by atoms with van der Waals surface area (Å²) in [6.07, 6.45) is 16.0. The molecule has 0 bridgehead atoms. The van der Waals surface area contributed by atoms with Gasteiger partial charge in [-0.1, -0.05) is 64.2 Å². The second kappa shape index (κ2) is 23.0. The van der Waals surface area contributed by atoms with E-state index in [4.69, 9.17) is 21.1 Å². The van der Waals surface area contributed by atoms with Crippen LogP contribution in [0.4, 0.5) is 0 Å². The van der Waals surface area contributed by atoms with Gasteiger partial charge in [0.1, 0.15) is 12.4 Å². The molecule has 0 aliphatic carbocycles. The van der Waals surface area contributed by atoms with Crippen LogP contribution in [0.1, 0.15) is 96.8 Å². The van der Waals surface area contributed by atoms with E-state index in [1.54, 1.807) is 0 Å². The first-order valence-corrected chi connectivity index (χ1v) is 12.0. The predicted octanol–water partition coefficient (Wildman–Crippen LogP) is 3.42. The average Bonchev–Trinajstić information content (AvgIpc) is 2.75. The number of ether oxygens (including phenoxy) is 2. The third kappa shape index (κ3) is 24.5. The summed E-state index contributed by atoms with van der Waals surface area (Å²) in [5, 5.41) is 6.35. The average molecular weight is 443 g/mol. The lowest BCUT2D eigenvalue weighted by Crippen LogP contribution is -2.27. The monoisotopic (exact) mass is 442 g/mol. The number of amides is 1. The van der Waals surface area contributed by atoms with Gasteiger partial charge in [0.05, 0.1) is 19.8 Å². The third-order valence-corrected chi connectivity index (χ3v) is 5.00. The lowest BCUT2D eigenvalue weighted by molar-refractivity contribution is -0.123. The fraction of sp³-hybridized carbons (Fsp3) is 0.870. The van der Waals surface area contributed by atoms with Crippen LogP contribution in [0.5, 0.6) is 0 Å². The molecule has 5 N–H and O–H groups in total. The third-order valence-electron chi connectivity index (χ3n) is 5.00. The molecule has 0 aliphatic heterocycles. The Morgan fingerprint density at radius 2 is 1.23 bits per heavy atom. The van der Waals surface area contributed by atoms with Crippen LogP contribution in [0.2, 0.25) is 0 Å². The highest BCUT2D eigenvalue weighted by molar-refractivity contribution is 5.79. The van der Waals surface area contributed by atoms with Crippen molar-refractivity contribution in [3.05, 3.63) is 0 Å². The molecule has 31 heavy (non-hydrogen) atoms. The van der Waals surface area contributed by atoms with E-state index in [-0.39, 0.29) is 18.3 Å². The smallest absolute Gasteiger partial charge is 0.220 e. The van der Waals surface area contributed by atoms with Gasteiger partial charge in [-0.15, -0.1) is 0 Å². The van der Waals surface area contributed by atoms with Crippen molar-refractivity contribution in [2.24, 2.45) is 16.7 Å². The largest absolute Gasteiger partial charge is 0.386 e. The second-order valence-electron chi connectivity index (χ2n) is 8.08. The normalized spacial score (nSPS) is 11.6. The molecular weight excluding hydrogens is 396 g/mol. The molecule has 0 saturated heterocycles. The van der Waals surface area contributed by atoms with Crippen molar-refractivity contribution in [2.45, 2.75) is 96.8 Å². The lowest BCUT2D eigenvalue weighted by Gasteiger charge is -2.07. The number of hydrogen-bond acceptors (Lipinski definition) is 6. The molecule has 0 saturated carbocycles. The van der Waals surface area contributed by atoms with Gasteiger partial charge in [0.15, 0.2) is 5.78 Å². The molecule has 0 rings (SSSR count). The zero-order valence-corrected chi connectivity index (χ0v) is 19.7. The Kier molecular flexibility index (Phi) is 21.8. The van der Waals surface area contributed by atoms with Crippen LogP contribution in [0.15, 0.2) is 5.10 Å². The van der Waals surface area contributed by atoms with Gasteiger partial charge >= 0.3 is 0 Å². The van der Waals surface area contributed by atoms with Gasteiger partial charge in [0.25, 0.3) is 0 Å².